The van der Waals surface area contributed by atoms with E-state index in [2.05, 4.69) is 24.1 Å². The van der Waals surface area contributed by atoms with Gasteiger partial charge in [0.2, 0.25) is 17.7 Å². The molecule has 9 nitrogen and oxygen atoms in total. The summed E-state index contributed by atoms with van der Waals surface area (Å²) in [5.74, 6) is -1.67. The third-order valence-electron chi connectivity index (χ3n) is 5.78. The van der Waals surface area contributed by atoms with E-state index in [-0.39, 0.29) is 12.5 Å². The average molecular weight is 531 g/mol. The van der Waals surface area contributed by atoms with E-state index in [0.29, 0.717) is 18.5 Å². The first-order valence-corrected chi connectivity index (χ1v) is 13.5. The first kappa shape index (κ1) is 32.7. The predicted octanol–water partition coefficient (Wildman–Crippen LogP) is 4.46. The molecule has 0 aliphatic carbocycles. The number of nitrogens with two attached hydrogens (primary N) is 1. The molecule has 2 unspecified atom stereocenters. The molecule has 0 fully saturated rings. The number of benzene rings is 1. The van der Waals surface area contributed by atoms with Crippen LogP contribution in [-0.2, 0) is 19.1 Å². The van der Waals surface area contributed by atoms with Gasteiger partial charge in [0.15, 0.2) is 0 Å². The zero-order valence-electron chi connectivity index (χ0n) is 23.7. The van der Waals surface area contributed by atoms with Crippen LogP contribution >= 0.6 is 0 Å². The standard InChI is InChI=1S/C29H46N4O5/c1-7-10-12-13-18-33(27(36)23(20-24(30)34)32-28(37)38-29(4,5)6)25(26(35)31-17-11-8-2)22-16-14-15-21(9-3)19-22/h9,14-16,19,23,25H,3,7-8,10-13,17-18,20H2,1-2,4-6H3,(H2,30,34)(H,31,35)(H,32,37). The summed E-state index contributed by atoms with van der Waals surface area (Å²) in [5.41, 5.74) is 6.04. The average Bonchev–Trinajstić information content (AvgIpc) is 2.83. The van der Waals surface area contributed by atoms with Crippen molar-refractivity contribution < 1.29 is 23.9 Å². The van der Waals surface area contributed by atoms with Gasteiger partial charge in [0.05, 0.1) is 6.42 Å². The Morgan fingerprint density at radius 2 is 1.76 bits per heavy atom. The Morgan fingerprint density at radius 3 is 2.34 bits per heavy atom. The van der Waals surface area contributed by atoms with Crippen molar-refractivity contribution in [2.24, 2.45) is 5.73 Å². The largest absolute Gasteiger partial charge is 0.444 e. The molecule has 0 aliphatic rings. The summed E-state index contributed by atoms with van der Waals surface area (Å²) in [4.78, 5) is 53.5. The fourth-order valence-corrected chi connectivity index (χ4v) is 3.94. The van der Waals surface area contributed by atoms with Crippen LogP contribution in [0.5, 0.6) is 0 Å². The summed E-state index contributed by atoms with van der Waals surface area (Å²) in [7, 11) is 0. The van der Waals surface area contributed by atoms with Crippen LogP contribution in [-0.4, -0.2) is 53.4 Å². The molecule has 0 heterocycles. The van der Waals surface area contributed by atoms with E-state index < -0.39 is 42.0 Å². The van der Waals surface area contributed by atoms with E-state index in [9.17, 15) is 19.2 Å². The molecule has 0 aliphatic heterocycles. The number of unbranched alkanes of at least 4 members (excludes halogenated alkanes) is 4. The molecule has 4 N–H and O–H groups in total. The third-order valence-corrected chi connectivity index (χ3v) is 5.78. The molecule has 1 aromatic carbocycles. The number of hydrogen-bond donors (Lipinski definition) is 3. The number of nitrogens with zero attached hydrogens (tertiary/aromatic N) is 1. The monoisotopic (exact) mass is 530 g/mol. The maximum atomic E-state index is 14.0. The van der Waals surface area contributed by atoms with Crippen LogP contribution in [0.4, 0.5) is 4.79 Å². The van der Waals surface area contributed by atoms with Crippen molar-refractivity contribution in [3.8, 4) is 0 Å². The molecule has 0 spiro atoms. The quantitative estimate of drug-likeness (QED) is 0.272. The van der Waals surface area contributed by atoms with Crippen molar-refractivity contribution in [1.82, 2.24) is 15.5 Å². The summed E-state index contributed by atoms with van der Waals surface area (Å²) >= 11 is 0. The number of carbonyl (C=O) groups excluding carboxylic acids is 4. The minimum Gasteiger partial charge on any atom is -0.444 e. The number of carbonyl (C=O) groups is 4. The lowest BCUT2D eigenvalue weighted by atomic mass is 9.99. The molecule has 0 aromatic heterocycles. The van der Waals surface area contributed by atoms with Crippen molar-refractivity contribution in [2.75, 3.05) is 13.1 Å². The van der Waals surface area contributed by atoms with E-state index in [1.165, 1.54) is 4.90 Å². The van der Waals surface area contributed by atoms with Crippen LogP contribution in [0, 0.1) is 0 Å². The molecule has 0 saturated carbocycles. The van der Waals surface area contributed by atoms with Crippen LogP contribution in [0.15, 0.2) is 30.8 Å². The first-order chi connectivity index (χ1) is 17.9. The van der Waals surface area contributed by atoms with Gasteiger partial charge in [-0.2, -0.15) is 0 Å². The highest BCUT2D eigenvalue weighted by Gasteiger charge is 2.36. The summed E-state index contributed by atoms with van der Waals surface area (Å²) in [6.45, 7) is 13.7. The maximum absolute atomic E-state index is 14.0. The van der Waals surface area contributed by atoms with Crippen molar-refractivity contribution in [3.63, 3.8) is 0 Å². The van der Waals surface area contributed by atoms with E-state index in [1.54, 1.807) is 39.0 Å². The molecular weight excluding hydrogens is 484 g/mol. The SMILES string of the molecule is C=Cc1cccc(C(C(=O)NCCCC)N(CCCCCC)C(=O)C(CC(N)=O)NC(=O)OC(C)(C)C)c1. The van der Waals surface area contributed by atoms with Crippen molar-refractivity contribution >= 4 is 29.9 Å². The van der Waals surface area contributed by atoms with Crippen LogP contribution in [0.2, 0.25) is 0 Å². The molecule has 1 rings (SSSR count). The minimum atomic E-state index is -1.29. The van der Waals surface area contributed by atoms with Crippen molar-refractivity contribution in [1.29, 1.82) is 0 Å². The fourth-order valence-electron chi connectivity index (χ4n) is 3.94. The first-order valence-electron chi connectivity index (χ1n) is 13.5. The van der Waals surface area contributed by atoms with Gasteiger partial charge in [-0.3, -0.25) is 14.4 Å². The van der Waals surface area contributed by atoms with Gasteiger partial charge >= 0.3 is 6.09 Å². The fraction of sp³-hybridized carbons (Fsp3) is 0.586. The normalized spacial score (nSPS) is 12.7. The van der Waals surface area contributed by atoms with E-state index in [1.807, 2.05) is 19.1 Å². The summed E-state index contributed by atoms with van der Waals surface area (Å²) < 4.78 is 5.32. The van der Waals surface area contributed by atoms with Gasteiger partial charge in [-0.15, -0.1) is 0 Å². The number of hydrogen-bond acceptors (Lipinski definition) is 5. The van der Waals surface area contributed by atoms with E-state index in [0.717, 1.165) is 37.7 Å². The second-order valence-corrected chi connectivity index (χ2v) is 10.4. The van der Waals surface area contributed by atoms with Gasteiger partial charge < -0.3 is 26.0 Å². The molecule has 212 valence electrons. The predicted molar refractivity (Wildman–Crippen MR) is 150 cm³/mol. The zero-order chi connectivity index (χ0) is 28.7. The maximum Gasteiger partial charge on any atom is 0.408 e. The molecule has 4 amide bonds. The van der Waals surface area contributed by atoms with Gasteiger partial charge in [0.1, 0.15) is 17.7 Å². The zero-order valence-corrected chi connectivity index (χ0v) is 23.7. The lowest BCUT2D eigenvalue weighted by molar-refractivity contribution is -0.143. The molecule has 0 radical (unpaired) electrons. The van der Waals surface area contributed by atoms with Crippen molar-refractivity contribution in [2.45, 2.75) is 97.2 Å². The van der Waals surface area contributed by atoms with Crippen LogP contribution < -0.4 is 16.4 Å². The Balaban J connectivity index is 3.50. The van der Waals surface area contributed by atoms with Gasteiger partial charge in [-0.1, -0.05) is 70.4 Å². The van der Waals surface area contributed by atoms with E-state index in [4.69, 9.17) is 10.5 Å². The van der Waals surface area contributed by atoms with Crippen LogP contribution in [0.1, 0.15) is 96.7 Å². The Bertz CT molecular complexity index is 941. The minimum absolute atomic E-state index is 0.258. The van der Waals surface area contributed by atoms with Gasteiger partial charge in [-0.05, 0) is 50.8 Å². The smallest absolute Gasteiger partial charge is 0.408 e. The lowest BCUT2D eigenvalue weighted by Crippen LogP contribution is -2.54. The number of amides is 4. The number of alkyl carbamates (subject to hydrolysis) is 1. The van der Waals surface area contributed by atoms with Crippen LogP contribution in [0.25, 0.3) is 6.08 Å². The number of rotatable bonds is 16. The lowest BCUT2D eigenvalue weighted by Gasteiger charge is -2.34. The summed E-state index contributed by atoms with van der Waals surface area (Å²) in [5, 5.41) is 5.45. The highest BCUT2D eigenvalue weighted by atomic mass is 16.6. The molecule has 2 atom stereocenters. The Morgan fingerprint density at radius 1 is 1.08 bits per heavy atom. The highest BCUT2D eigenvalue weighted by molar-refractivity contribution is 5.94. The Hall–Kier alpha value is -3.36. The molecule has 1 aromatic rings. The number of ether oxygens (including phenoxy) is 1. The Labute approximate surface area is 227 Å². The molecule has 38 heavy (non-hydrogen) atoms. The highest BCUT2D eigenvalue weighted by Crippen LogP contribution is 2.25. The molecule has 9 heteroatoms. The Kier molecular flexibility index (Phi) is 14.2. The van der Waals surface area contributed by atoms with Gasteiger partial charge in [0.25, 0.3) is 0 Å². The van der Waals surface area contributed by atoms with Crippen molar-refractivity contribution in [3.05, 3.63) is 42.0 Å². The van der Waals surface area contributed by atoms with E-state index >= 15 is 0 Å². The summed E-state index contributed by atoms with van der Waals surface area (Å²) in [6, 6.07) is 4.99. The molecule has 0 bridgehead atoms. The summed E-state index contributed by atoms with van der Waals surface area (Å²) in [6.07, 6.45) is 5.57. The molecular formula is C29H46N4O5. The van der Waals surface area contributed by atoms with Gasteiger partial charge in [-0.25, -0.2) is 4.79 Å². The molecule has 0 saturated heterocycles. The third kappa shape index (κ3) is 11.8. The number of nitrogens with one attached hydrogen (secondary N) is 2. The van der Waals surface area contributed by atoms with Gasteiger partial charge in [0, 0.05) is 13.1 Å². The topological polar surface area (TPSA) is 131 Å². The second kappa shape index (κ2) is 16.5. The number of primary amides is 1. The van der Waals surface area contributed by atoms with Crippen LogP contribution in [0.3, 0.4) is 0 Å². The second-order valence-electron chi connectivity index (χ2n) is 10.4.